The van der Waals surface area contributed by atoms with Crippen LogP contribution in [0.4, 0.5) is 0 Å². The van der Waals surface area contributed by atoms with Crippen LogP contribution in [0.1, 0.15) is 6.92 Å². The summed E-state index contributed by atoms with van der Waals surface area (Å²) in [5, 5.41) is 0. The first-order chi connectivity index (χ1) is 5.89. The van der Waals surface area contributed by atoms with E-state index in [2.05, 4.69) is 75.1 Å². The molecule has 0 aromatic rings. The molecule has 0 saturated carbocycles. The van der Waals surface area contributed by atoms with Gasteiger partial charge < -0.3 is 0 Å². The highest BCUT2D eigenvalue weighted by Crippen LogP contribution is 2.64. The molecule has 3 nitrogen and oxygen atoms in total. The van der Waals surface area contributed by atoms with Crippen LogP contribution in [-0.2, 0) is 0 Å². The maximum atomic E-state index is 2.30. The Morgan fingerprint density at radius 1 is 0.769 bits per heavy atom. The van der Waals surface area contributed by atoms with E-state index >= 15 is 0 Å². The maximum absolute atomic E-state index is 2.30. The number of nitrogens with zero attached hydrogens (tertiary/aromatic N) is 3. The number of hydrogen-bond acceptors (Lipinski definition) is 3. The molecular weight excluding hydrogens is 181 g/mol. The summed E-state index contributed by atoms with van der Waals surface area (Å²) >= 11 is 0. The van der Waals surface area contributed by atoms with Crippen LogP contribution in [0.25, 0.3) is 0 Å². The van der Waals surface area contributed by atoms with Gasteiger partial charge in [-0.25, -0.2) is 0 Å². The minimum absolute atomic E-state index is 1.39. The first-order valence-corrected chi connectivity index (χ1v) is 6.17. The Balaban J connectivity index is 5.05. The second-order valence-corrected chi connectivity index (χ2v) is 7.57. The van der Waals surface area contributed by atoms with Gasteiger partial charge in [0.25, 0.3) is 7.71 Å². The van der Waals surface area contributed by atoms with Crippen LogP contribution in [0.3, 0.4) is 0 Å². The van der Waals surface area contributed by atoms with Crippen LogP contribution < -0.4 is 0 Å². The molecule has 0 aliphatic carbocycles. The lowest BCUT2D eigenvalue weighted by Gasteiger charge is -2.37. The van der Waals surface area contributed by atoms with Crippen LogP contribution >= 0.6 is 7.71 Å². The van der Waals surface area contributed by atoms with Gasteiger partial charge in [0.2, 0.25) is 0 Å². The summed E-state index contributed by atoms with van der Waals surface area (Å²) in [4.78, 5) is 0. The zero-order valence-corrected chi connectivity index (χ0v) is 10.8. The molecule has 0 aromatic heterocycles. The lowest BCUT2D eigenvalue weighted by molar-refractivity contribution is 0.472. The van der Waals surface area contributed by atoms with Gasteiger partial charge in [-0.1, -0.05) is 0 Å². The van der Waals surface area contributed by atoms with E-state index in [1.54, 1.807) is 0 Å². The van der Waals surface area contributed by atoms with Crippen LogP contribution in [-0.4, -0.2) is 56.3 Å². The molecule has 0 bridgehead atoms. The van der Waals surface area contributed by atoms with E-state index in [4.69, 9.17) is 0 Å². The summed E-state index contributed by atoms with van der Waals surface area (Å²) in [6, 6.07) is 0. The predicted octanol–water partition coefficient (Wildman–Crippen LogP) is 1.97. The standard InChI is InChI=1S/C9H23N3P/c1-8-9-13(10(2)3,11(4)5)12(6)7/h8-9H,1-7H3/q+1/b9-8+. The Kier molecular flexibility index (Phi) is 5.08. The molecule has 0 N–H and O–H groups in total. The van der Waals surface area contributed by atoms with E-state index < -0.39 is 7.71 Å². The van der Waals surface area contributed by atoms with Crippen LogP contribution in [0.5, 0.6) is 0 Å². The van der Waals surface area contributed by atoms with Crippen molar-refractivity contribution in [2.75, 3.05) is 42.3 Å². The summed E-state index contributed by atoms with van der Waals surface area (Å²) in [5.74, 6) is 2.30. The van der Waals surface area contributed by atoms with Crippen molar-refractivity contribution < 1.29 is 0 Å². The van der Waals surface area contributed by atoms with E-state index in [-0.39, 0.29) is 0 Å². The maximum Gasteiger partial charge on any atom is 0.252 e. The van der Waals surface area contributed by atoms with Gasteiger partial charge in [0.05, 0.1) is 0 Å². The molecule has 0 atom stereocenters. The Bertz CT molecular complexity index is 154. The molecule has 0 fully saturated rings. The smallest absolute Gasteiger partial charge is 0.151 e. The third-order valence-corrected chi connectivity index (χ3v) is 6.35. The average Bonchev–Trinajstić information content (AvgIpc) is 1.97. The second kappa shape index (κ2) is 5.06. The third kappa shape index (κ3) is 2.50. The van der Waals surface area contributed by atoms with Gasteiger partial charge in [0.15, 0.2) is 0 Å². The molecule has 0 rings (SSSR count). The number of rotatable bonds is 4. The zero-order valence-electron chi connectivity index (χ0n) is 9.94. The Morgan fingerprint density at radius 2 is 1.08 bits per heavy atom. The lowest BCUT2D eigenvalue weighted by Crippen LogP contribution is -2.34. The van der Waals surface area contributed by atoms with Crippen molar-refractivity contribution in [3.05, 3.63) is 11.9 Å². The summed E-state index contributed by atoms with van der Waals surface area (Å²) in [6.07, 6.45) is 2.13. The SMILES string of the molecule is C/C=C/[P+](N(C)C)(N(C)C)N(C)C. The highest BCUT2D eigenvalue weighted by molar-refractivity contribution is 7.71. The molecule has 78 valence electrons. The quantitative estimate of drug-likeness (QED) is 0.648. The van der Waals surface area contributed by atoms with Crippen molar-refractivity contribution >= 4 is 7.71 Å². The fourth-order valence-corrected chi connectivity index (χ4v) is 5.02. The average molecular weight is 204 g/mol. The predicted molar refractivity (Wildman–Crippen MR) is 62.8 cm³/mol. The van der Waals surface area contributed by atoms with Crippen molar-refractivity contribution in [2.45, 2.75) is 6.92 Å². The van der Waals surface area contributed by atoms with Crippen LogP contribution in [0.15, 0.2) is 11.9 Å². The van der Waals surface area contributed by atoms with Crippen molar-refractivity contribution in [1.29, 1.82) is 0 Å². The van der Waals surface area contributed by atoms with E-state index in [9.17, 15) is 0 Å². The van der Waals surface area contributed by atoms with Gasteiger partial charge in [-0.05, 0) is 13.0 Å². The molecule has 13 heavy (non-hydrogen) atoms. The fraction of sp³-hybridized carbons (Fsp3) is 0.778. The molecule has 0 aliphatic heterocycles. The van der Waals surface area contributed by atoms with Gasteiger partial charge >= 0.3 is 0 Å². The van der Waals surface area contributed by atoms with Gasteiger partial charge in [-0.2, -0.15) is 14.0 Å². The number of hydrogen-bond donors (Lipinski definition) is 0. The van der Waals surface area contributed by atoms with Crippen LogP contribution in [0, 0.1) is 0 Å². The van der Waals surface area contributed by atoms with Crippen LogP contribution in [0.2, 0.25) is 0 Å². The zero-order chi connectivity index (χ0) is 10.6. The Hall–Kier alpha value is 0.0500. The molecule has 0 heterocycles. The number of allylic oxidation sites excluding steroid dienone is 1. The lowest BCUT2D eigenvalue weighted by atomic mass is 10.8. The van der Waals surface area contributed by atoms with Crippen molar-refractivity contribution in [1.82, 2.24) is 14.0 Å². The molecule has 0 aliphatic rings. The van der Waals surface area contributed by atoms with Crippen molar-refractivity contribution in [3.63, 3.8) is 0 Å². The molecule has 0 radical (unpaired) electrons. The van der Waals surface area contributed by atoms with Gasteiger partial charge in [0, 0.05) is 42.3 Å². The topological polar surface area (TPSA) is 9.72 Å². The van der Waals surface area contributed by atoms with E-state index in [0.29, 0.717) is 0 Å². The summed E-state index contributed by atoms with van der Waals surface area (Å²) in [5.41, 5.74) is 0. The normalized spacial score (nSPS) is 14.0. The molecule has 0 spiro atoms. The summed E-state index contributed by atoms with van der Waals surface area (Å²) in [7, 11) is 11.4. The first kappa shape index (κ1) is 13.1. The molecule has 0 unspecified atom stereocenters. The highest BCUT2D eigenvalue weighted by Gasteiger charge is 2.44. The van der Waals surface area contributed by atoms with Gasteiger partial charge in [-0.3, -0.25) is 0 Å². The highest BCUT2D eigenvalue weighted by atomic mass is 31.2. The molecule has 4 heteroatoms. The summed E-state index contributed by atoms with van der Waals surface area (Å²) < 4.78 is 6.90. The molecular formula is C9H23N3P+. The molecule has 0 saturated heterocycles. The van der Waals surface area contributed by atoms with E-state index in [0.717, 1.165) is 0 Å². The fourth-order valence-electron chi connectivity index (χ4n) is 1.67. The minimum Gasteiger partial charge on any atom is -0.151 e. The third-order valence-electron chi connectivity index (χ3n) is 2.12. The Morgan fingerprint density at radius 3 is 1.15 bits per heavy atom. The minimum atomic E-state index is -1.39. The molecule has 0 amide bonds. The second-order valence-electron chi connectivity index (χ2n) is 3.64. The first-order valence-electron chi connectivity index (χ1n) is 4.45. The largest absolute Gasteiger partial charge is 0.252 e. The Labute approximate surface area is 83.5 Å². The molecule has 0 aromatic carbocycles. The monoisotopic (exact) mass is 204 g/mol. The van der Waals surface area contributed by atoms with Crippen molar-refractivity contribution in [2.24, 2.45) is 0 Å². The van der Waals surface area contributed by atoms with E-state index in [1.165, 1.54) is 0 Å². The van der Waals surface area contributed by atoms with Gasteiger partial charge in [0.1, 0.15) is 5.82 Å². The summed E-state index contributed by atoms with van der Waals surface area (Å²) in [6.45, 7) is 2.07. The van der Waals surface area contributed by atoms with Gasteiger partial charge in [-0.15, -0.1) is 0 Å². The van der Waals surface area contributed by atoms with E-state index in [1.807, 2.05) is 0 Å². The van der Waals surface area contributed by atoms with Crippen molar-refractivity contribution in [3.8, 4) is 0 Å².